The number of fused-ring (bicyclic) bond motifs is 1. The van der Waals surface area contributed by atoms with E-state index in [-0.39, 0.29) is 24.1 Å². The van der Waals surface area contributed by atoms with Gasteiger partial charge in [0.15, 0.2) is 0 Å². The highest BCUT2D eigenvalue weighted by Crippen LogP contribution is 2.35. The Balaban J connectivity index is 2.05. The van der Waals surface area contributed by atoms with Gasteiger partial charge in [0.2, 0.25) is 0 Å². The van der Waals surface area contributed by atoms with Crippen LogP contribution in [-0.2, 0) is 4.74 Å². The summed E-state index contributed by atoms with van der Waals surface area (Å²) in [5, 5.41) is 0. The van der Waals surface area contributed by atoms with Gasteiger partial charge in [0, 0.05) is 5.92 Å². The SMILES string of the molecule is CCOC(=O)N1[SH3]CC2C=CC=CC21. The molecular formula is C10H16NO2S. The Hall–Kier alpha value is -0.900. The molecular weight excluding hydrogens is 198 g/mol. The number of hydrogen-bond acceptors (Lipinski definition) is 2. The highest BCUT2D eigenvalue weighted by Gasteiger charge is 2.34. The average Bonchev–Trinajstić information content (AvgIpc) is 2.61. The molecule has 1 amide bonds. The summed E-state index contributed by atoms with van der Waals surface area (Å²) in [6, 6.07) is 0.258. The van der Waals surface area contributed by atoms with E-state index in [0.29, 0.717) is 12.5 Å². The molecule has 2 unspecified atom stereocenters. The maximum Gasteiger partial charge on any atom is 0.417 e. The highest BCUT2D eigenvalue weighted by molar-refractivity contribution is 7.97. The average molecular weight is 214 g/mol. The van der Waals surface area contributed by atoms with E-state index in [1.807, 2.05) is 17.3 Å². The van der Waals surface area contributed by atoms with E-state index in [4.69, 9.17) is 4.74 Å². The minimum absolute atomic E-state index is 0.0647. The van der Waals surface area contributed by atoms with Gasteiger partial charge >= 0.3 is 6.09 Å². The van der Waals surface area contributed by atoms with E-state index in [1.165, 1.54) is 0 Å². The zero-order valence-corrected chi connectivity index (χ0v) is 9.37. The minimum Gasteiger partial charge on any atom is -0.449 e. The minimum atomic E-state index is -0.144. The van der Waals surface area contributed by atoms with Gasteiger partial charge in [-0.05, 0) is 12.7 Å². The molecule has 1 aliphatic carbocycles. The number of rotatable bonds is 1. The number of allylic oxidation sites excluding steroid dienone is 2. The summed E-state index contributed by atoms with van der Waals surface area (Å²) in [6.45, 7) is 2.31. The van der Waals surface area contributed by atoms with Gasteiger partial charge in [-0.1, -0.05) is 24.3 Å². The van der Waals surface area contributed by atoms with Gasteiger partial charge in [-0.25, -0.2) is 16.7 Å². The molecule has 0 aromatic rings. The lowest BCUT2D eigenvalue weighted by atomic mass is 9.97. The highest BCUT2D eigenvalue weighted by atomic mass is 32.2. The Labute approximate surface area is 87.9 Å². The number of ether oxygens (including phenoxy) is 1. The molecule has 0 bridgehead atoms. The van der Waals surface area contributed by atoms with Crippen LogP contribution in [0.1, 0.15) is 6.92 Å². The van der Waals surface area contributed by atoms with Crippen molar-refractivity contribution in [3.05, 3.63) is 24.3 Å². The molecule has 14 heavy (non-hydrogen) atoms. The Morgan fingerprint density at radius 2 is 2.36 bits per heavy atom. The summed E-state index contributed by atoms with van der Waals surface area (Å²) in [6.07, 6.45) is 8.22. The van der Waals surface area contributed by atoms with E-state index in [1.54, 1.807) is 0 Å². The number of carbonyl (C=O) groups is 1. The van der Waals surface area contributed by atoms with Crippen LogP contribution in [0.4, 0.5) is 4.79 Å². The molecule has 1 fully saturated rings. The van der Waals surface area contributed by atoms with Crippen LogP contribution in [0.15, 0.2) is 24.3 Å². The van der Waals surface area contributed by atoms with Crippen LogP contribution in [0.3, 0.4) is 0 Å². The maximum atomic E-state index is 11.6. The molecule has 0 aromatic carbocycles. The Kier molecular flexibility index (Phi) is 2.82. The zero-order valence-electron chi connectivity index (χ0n) is 8.22. The number of hydrogen-bond donors (Lipinski definition) is 0. The van der Waals surface area contributed by atoms with Gasteiger partial charge in [0.25, 0.3) is 0 Å². The van der Waals surface area contributed by atoms with E-state index in [9.17, 15) is 4.79 Å². The van der Waals surface area contributed by atoms with E-state index in [2.05, 4.69) is 18.2 Å². The molecule has 1 aliphatic heterocycles. The van der Waals surface area contributed by atoms with Gasteiger partial charge in [-0.3, -0.25) is 4.31 Å². The molecule has 2 atom stereocenters. The Bertz CT molecular complexity index is 288. The van der Waals surface area contributed by atoms with Crippen LogP contribution in [0, 0.1) is 5.92 Å². The van der Waals surface area contributed by atoms with Crippen molar-refractivity contribution in [2.75, 3.05) is 12.4 Å². The first-order valence-electron chi connectivity index (χ1n) is 4.96. The van der Waals surface area contributed by atoms with Crippen molar-refractivity contribution in [1.82, 2.24) is 4.31 Å². The van der Waals surface area contributed by atoms with Crippen LogP contribution in [0.2, 0.25) is 0 Å². The van der Waals surface area contributed by atoms with E-state index < -0.39 is 0 Å². The monoisotopic (exact) mass is 214 g/mol. The maximum absolute atomic E-state index is 11.6. The molecule has 3 nitrogen and oxygen atoms in total. The van der Waals surface area contributed by atoms with Crippen molar-refractivity contribution >= 4 is 18.0 Å². The van der Waals surface area contributed by atoms with Crippen molar-refractivity contribution in [3.63, 3.8) is 0 Å². The molecule has 2 rings (SSSR count). The molecule has 1 radical (unpaired) electrons. The second-order valence-electron chi connectivity index (χ2n) is 3.45. The second kappa shape index (κ2) is 4.09. The summed E-state index contributed by atoms with van der Waals surface area (Å²) >= 11 is 0.0647. The Morgan fingerprint density at radius 1 is 1.57 bits per heavy atom. The third-order valence-corrected chi connectivity index (χ3v) is 4.29. The standard InChI is InChI=1S/C10H16NO2S/c1-2-13-10(12)11-9-6-4-3-5-8(9)7-14-11/h3-6,8-9H,2,7H2,1,14H3. The molecule has 0 spiro atoms. The molecule has 1 saturated heterocycles. The fourth-order valence-electron chi connectivity index (χ4n) is 1.91. The van der Waals surface area contributed by atoms with Crippen molar-refractivity contribution in [2.24, 2.45) is 5.92 Å². The molecule has 0 aromatic heterocycles. The fraction of sp³-hybridized carbons (Fsp3) is 0.500. The van der Waals surface area contributed by atoms with Crippen LogP contribution in [0.25, 0.3) is 0 Å². The number of nitrogens with zero attached hydrogens (tertiary/aromatic N) is 1. The summed E-state index contributed by atoms with van der Waals surface area (Å²) in [5.74, 6) is 1.66. The molecule has 79 valence electrons. The van der Waals surface area contributed by atoms with Gasteiger partial charge < -0.3 is 4.74 Å². The Morgan fingerprint density at radius 3 is 3.14 bits per heavy atom. The molecule has 1 heterocycles. The third kappa shape index (κ3) is 1.66. The van der Waals surface area contributed by atoms with Crippen LogP contribution >= 0.6 is 11.9 Å². The van der Waals surface area contributed by atoms with Crippen molar-refractivity contribution < 1.29 is 9.53 Å². The molecule has 4 heteroatoms. The lowest BCUT2D eigenvalue weighted by Crippen LogP contribution is -2.33. The van der Waals surface area contributed by atoms with Crippen LogP contribution in [-0.4, -0.2) is 28.8 Å². The topological polar surface area (TPSA) is 29.5 Å². The summed E-state index contributed by atoms with van der Waals surface area (Å²) in [7, 11) is 0. The van der Waals surface area contributed by atoms with Crippen molar-refractivity contribution in [2.45, 2.75) is 13.0 Å². The molecule has 0 N–H and O–H groups in total. The summed E-state index contributed by atoms with van der Waals surface area (Å²) in [4.78, 5) is 11.6. The van der Waals surface area contributed by atoms with Gasteiger partial charge in [-0.15, -0.1) is 0 Å². The van der Waals surface area contributed by atoms with E-state index >= 15 is 0 Å². The lowest BCUT2D eigenvalue weighted by Gasteiger charge is -2.25. The fourth-order valence-corrected chi connectivity index (χ4v) is 3.60. The largest absolute Gasteiger partial charge is 0.449 e. The van der Waals surface area contributed by atoms with E-state index in [0.717, 1.165) is 5.75 Å². The predicted octanol–water partition coefficient (Wildman–Crippen LogP) is 1.41. The van der Waals surface area contributed by atoms with Gasteiger partial charge in [0.1, 0.15) is 0 Å². The number of carbonyl (C=O) groups excluding carboxylic acids is 1. The van der Waals surface area contributed by atoms with Crippen molar-refractivity contribution in [3.8, 4) is 0 Å². The smallest absolute Gasteiger partial charge is 0.417 e. The number of amides is 1. The normalized spacial score (nSPS) is 29.6. The lowest BCUT2D eigenvalue weighted by molar-refractivity contribution is 0.128. The van der Waals surface area contributed by atoms with Crippen molar-refractivity contribution in [1.29, 1.82) is 0 Å². The first kappa shape index (κ1) is 9.65. The first-order chi connectivity index (χ1) is 6.83. The third-order valence-electron chi connectivity index (χ3n) is 2.59. The molecule has 0 saturated carbocycles. The molecule has 2 aliphatic rings. The second-order valence-corrected chi connectivity index (χ2v) is 4.84. The van der Waals surface area contributed by atoms with Gasteiger partial charge in [-0.2, -0.15) is 0 Å². The van der Waals surface area contributed by atoms with Crippen LogP contribution in [0.5, 0.6) is 0 Å². The predicted molar refractivity (Wildman–Crippen MR) is 61.1 cm³/mol. The summed E-state index contributed by atoms with van der Waals surface area (Å²) < 4.78 is 6.92. The first-order valence-corrected chi connectivity index (χ1v) is 6.29. The zero-order chi connectivity index (χ0) is 9.97. The quantitative estimate of drug-likeness (QED) is 0.660. The van der Waals surface area contributed by atoms with Gasteiger partial charge in [0.05, 0.1) is 12.6 Å². The summed E-state index contributed by atoms with van der Waals surface area (Å²) in [5.41, 5.74) is 0. The van der Waals surface area contributed by atoms with Crippen LogP contribution < -0.4 is 0 Å².